The third-order valence-corrected chi connectivity index (χ3v) is 6.88. The number of thiazole rings is 1. The van der Waals surface area contributed by atoms with Gasteiger partial charge in [0.1, 0.15) is 11.6 Å². The quantitative estimate of drug-likeness (QED) is 0.494. The summed E-state index contributed by atoms with van der Waals surface area (Å²) in [4.78, 5) is 43.6. The Morgan fingerprint density at radius 3 is 2.69 bits per heavy atom. The Labute approximate surface area is 206 Å². The lowest BCUT2D eigenvalue weighted by Crippen LogP contribution is -2.43. The van der Waals surface area contributed by atoms with E-state index in [0.717, 1.165) is 0 Å². The van der Waals surface area contributed by atoms with E-state index in [1.165, 1.54) is 23.7 Å². The number of hydrogen-bond acceptors (Lipinski definition) is 6. The predicted octanol–water partition coefficient (Wildman–Crippen LogP) is 3.58. The van der Waals surface area contributed by atoms with Crippen LogP contribution in [0.5, 0.6) is 0 Å². The molecule has 1 aliphatic rings. The first-order valence-corrected chi connectivity index (χ1v) is 12.4. The third kappa shape index (κ3) is 6.33. The average molecular weight is 499 g/mol. The Kier molecular flexibility index (Phi) is 7.91. The number of hydrogen-bond donors (Lipinski definition) is 2. The number of carbonyl (C=O) groups is 3. The maximum Gasteiger partial charge on any atom is 0.260 e. The van der Waals surface area contributed by atoms with Crippen molar-refractivity contribution in [1.82, 2.24) is 15.2 Å². The summed E-state index contributed by atoms with van der Waals surface area (Å²) in [7, 11) is 0. The molecule has 1 fully saturated rings. The van der Waals surface area contributed by atoms with Crippen molar-refractivity contribution in [3.8, 4) is 0 Å². The summed E-state index contributed by atoms with van der Waals surface area (Å²) >= 11 is 1.26. The number of rotatable bonds is 8. The number of benzene rings is 1. The molecule has 0 spiro atoms. The predicted molar refractivity (Wildman–Crippen MR) is 130 cm³/mol. The molecular formula is C25H27FN4O4S. The molecule has 10 heteroatoms. The molecule has 3 amide bonds. The van der Waals surface area contributed by atoms with Crippen LogP contribution in [0, 0.1) is 18.7 Å². The Balaban J connectivity index is 1.19. The van der Waals surface area contributed by atoms with Crippen LogP contribution in [0.2, 0.25) is 0 Å². The van der Waals surface area contributed by atoms with E-state index >= 15 is 0 Å². The highest BCUT2D eigenvalue weighted by molar-refractivity contribution is 7.14. The van der Waals surface area contributed by atoms with Crippen LogP contribution in [-0.2, 0) is 22.4 Å². The van der Waals surface area contributed by atoms with Gasteiger partial charge in [-0.15, -0.1) is 11.3 Å². The van der Waals surface area contributed by atoms with Crippen molar-refractivity contribution >= 4 is 34.2 Å². The first-order chi connectivity index (χ1) is 16.9. The Bertz CT molecular complexity index is 1200. The number of aryl methyl sites for hydroxylation is 1. The summed E-state index contributed by atoms with van der Waals surface area (Å²) in [5.74, 6) is -0.323. The van der Waals surface area contributed by atoms with Crippen molar-refractivity contribution in [3.05, 3.63) is 70.4 Å². The first-order valence-electron chi connectivity index (χ1n) is 11.5. The topological polar surface area (TPSA) is 105 Å². The zero-order valence-electron chi connectivity index (χ0n) is 19.4. The number of aromatic nitrogens is 1. The summed E-state index contributed by atoms with van der Waals surface area (Å²) in [6.07, 6.45) is 3.19. The number of piperidine rings is 1. The van der Waals surface area contributed by atoms with Crippen LogP contribution < -0.4 is 10.6 Å². The maximum absolute atomic E-state index is 13.7. The molecule has 0 unspecified atom stereocenters. The van der Waals surface area contributed by atoms with E-state index in [1.54, 1.807) is 41.5 Å². The van der Waals surface area contributed by atoms with Crippen molar-refractivity contribution in [2.45, 2.75) is 32.6 Å². The minimum absolute atomic E-state index is 0.0545. The molecule has 3 aromatic rings. The lowest BCUT2D eigenvalue weighted by atomic mass is 9.95. The Morgan fingerprint density at radius 2 is 1.97 bits per heavy atom. The number of halogens is 1. The maximum atomic E-state index is 13.7. The molecule has 1 saturated heterocycles. The van der Waals surface area contributed by atoms with Crippen LogP contribution in [0.4, 0.5) is 9.52 Å². The lowest BCUT2D eigenvalue weighted by Gasteiger charge is -2.31. The van der Waals surface area contributed by atoms with Crippen molar-refractivity contribution in [1.29, 1.82) is 0 Å². The van der Waals surface area contributed by atoms with Crippen molar-refractivity contribution < 1.29 is 23.2 Å². The fourth-order valence-corrected chi connectivity index (χ4v) is 4.76. The molecule has 0 atom stereocenters. The summed E-state index contributed by atoms with van der Waals surface area (Å²) < 4.78 is 18.8. The van der Waals surface area contributed by atoms with Gasteiger partial charge in [-0.05, 0) is 43.9 Å². The van der Waals surface area contributed by atoms with Crippen LogP contribution >= 0.6 is 11.3 Å². The van der Waals surface area contributed by atoms with E-state index in [0.29, 0.717) is 66.6 Å². The summed E-state index contributed by atoms with van der Waals surface area (Å²) in [6.45, 7) is 3.08. The number of nitrogens with one attached hydrogen (secondary N) is 2. The highest BCUT2D eigenvalue weighted by Crippen LogP contribution is 2.21. The minimum Gasteiger partial charge on any atom is -0.469 e. The summed E-state index contributed by atoms with van der Waals surface area (Å²) in [5.41, 5.74) is 1.61. The van der Waals surface area contributed by atoms with E-state index in [9.17, 15) is 18.8 Å². The second-order valence-electron chi connectivity index (χ2n) is 8.45. The minimum atomic E-state index is -0.308. The van der Waals surface area contributed by atoms with Crippen molar-refractivity contribution in [2.75, 3.05) is 25.0 Å². The molecule has 0 radical (unpaired) electrons. The number of furan rings is 1. The van der Waals surface area contributed by atoms with Gasteiger partial charge in [-0.3, -0.25) is 19.7 Å². The molecule has 8 nitrogen and oxygen atoms in total. The van der Waals surface area contributed by atoms with Crippen LogP contribution in [0.1, 0.15) is 40.2 Å². The average Bonchev–Trinajstić information content (AvgIpc) is 3.48. The van der Waals surface area contributed by atoms with Crippen LogP contribution in [-0.4, -0.2) is 47.2 Å². The third-order valence-electron chi connectivity index (χ3n) is 6.08. The molecule has 1 aliphatic heterocycles. The monoisotopic (exact) mass is 498 g/mol. The van der Waals surface area contributed by atoms with E-state index in [-0.39, 0.29) is 35.9 Å². The first kappa shape index (κ1) is 24.6. The van der Waals surface area contributed by atoms with E-state index < -0.39 is 0 Å². The van der Waals surface area contributed by atoms with E-state index in [1.807, 2.05) is 0 Å². The fourth-order valence-electron chi connectivity index (χ4n) is 4.05. The van der Waals surface area contributed by atoms with E-state index in [2.05, 4.69) is 15.6 Å². The lowest BCUT2D eigenvalue weighted by molar-refractivity contribution is -0.135. The molecular weight excluding hydrogens is 471 g/mol. The van der Waals surface area contributed by atoms with Crippen molar-refractivity contribution in [2.24, 2.45) is 5.92 Å². The highest BCUT2D eigenvalue weighted by Gasteiger charge is 2.27. The second kappa shape index (κ2) is 11.3. The fraction of sp³-hybridized carbons (Fsp3) is 0.360. The second-order valence-corrected chi connectivity index (χ2v) is 9.31. The SMILES string of the molecule is Cc1occc1C(=O)Nc1nc(CC(=O)N2CCC(C(=O)NCCc3ccccc3F)CC2)cs1. The largest absolute Gasteiger partial charge is 0.469 e. The van der Waals surface area contributed by atoms with Crippen molar-refractivity contribution in [3.63, 3.8) is 0 Å². The van der Waals surface area contributed by atoms with Gasteiger partial charge in [-0.2, -0.15) is 0 Å². The van der Waals surface area contributed by atoms with Crippen LogP contribution in [0.25, 0.3) is 0 Å². The van der Waals surface area contributed by atoms with Gasteiger partial charge in [0.2, 0.25) is 11.8 Å². The van der Waals surface area contributed by atoms with Gasteiger partial charge in [0.05, 0.1) is 23.9 Å². The summed E-state index contributed by atoms with van der Waals surface area (Å²) in [6, 6.07) is 8.13. The van der Waals surface area contributed by atoms with Gasteiger partial charge < -0.3 is 14.6 Å². The van der Waals surface area contributed by atoms with Crippen LogP contribution in [0.15, 0.2) is 46.4 Å². The standard InChI is InChI=1S/C25H27FN4O4S/c1-16-20(9-13-34-16)24(33)29-25-28-19(15-35-25)14-22(31)30-11-7-18(8-12-30)23(32)27-10-6-17-4-2-3-5-21(17)26/h2-5,9,13,15,18H,6-8,10-12,14H2,1H3,(H,27,32)(H,28,29,33). The molecule has 0 saturated carbocycles. The molecule has 2 aromatic heterocycles. The molecule has 0 aliphatic carbocycles. The molecule has 0 bridgehead atoms. The molecule has 4 rings (SSSR count). The normalized spacial score (nSPS) is 14.1. The smallest absolute Gasteiger partial charge is 0.260 e. The van der Waals surface area contributed by atoms with E-state index in [4.69, 9.17) is 4.42 Å². The summed E-state index contributed by atoms with van der Waals surface area (Å²) in [5, 5.41) is 7.79. The number of amides is 3. The number of nitrogens with zero attached hydrogens (tertiary/aromatic N) is 2. The van der Waals surface area contributed by atoms with Crippen LogP contribution in [0.3, 0.4) is 0 Å². The van der Waals surface area contributed by atoms with Gasteiger partial charge >= 0.3 is 0 Å². The number of likely N-dealkylation sites (tertiary alicyclic amines) is 1. The Morgan fingerprint density at radius 1 is 1.20 bits per heavy atom. The molecule has 2 N–H and O–H groups in total. The van der Waals surface area contributed by atoms with Gasteiger partial charge in [-0.1, -0.05) is 18.2 Å². The number of anilines is 1. The zero-order chi connectivity index (χ0) is 24.8. The van der Waals surface area contributed by atoms with Gasteiger partial charge in [0, 0.05) is 30.9 Å². The van der Waals surface area contributed by atoms with Gasteiger partial charge in [0.15, 0.2) is 5.13 Å². The Hall–Kier alpha value is -3.53. The highest BCUT2D eigenvalue weighted by atomic mass is 32.1. The zero-order valence-corrected chi connectivity index (χ0v) is 20.2. The molecule has 35 heavy (non-hydrogen) atoms. The number of carbonyl (C=O) groups excluding carboxylic acids is 3. The molecule has 3 heterocycles. The molecule has 184 valence electrons. The molecule has 1 aromatic carbocycles. The van der Waals surface area contributed by atoms with Gasteiger partial charge in [0.25, 0.3) is 5.91 Å². The van der Waals surface area contributed by atoms with Gasteiger partial charge in [-0.25, -0.2) is 9.37 Å².